The molecule has 2 aliphatic heterocycles. The van der Waals surface area contributed by atoms with Crippen molar-refractivity contribution in [3.63, 3.8) is 0 Å². The zero-order valence-corrected chi connectivity index (χ0v) is 16.7. The van der Waals surface area contributed by atoms with Gasteiger partial charge >= 0.3 is 6.09 Å². The minimum Gasteiger partial charge on any atom is -0.493 e. The van der Waals surface area contributed by atoms with Crippen molar-refractivity contribution >= 4 is 27.9 Å². The van der Waals surface area contributed by atoms with Gasteiger partial charge in [-0.15, -0.1) is 0 Å². The lowest BCUT2D eigenvalue weighted by molar-refractivity contribution is 0.0640. The number of hydrogen-bond acceptors (Lipinski definition) is 5. The molecular weight excluding hydrogens is 404 g/mol. The number of methoxy groups -OCH3 is 2. The molecule has 2 aliphatic rings. The highest BCUT2D eigenvalue weighted by Gasteiger charge is 2.37. The van der Waals surface area contributed by atoms with Crippen LogP contribution in [0.25, 0.3) is 0 Å². The normalized spacial score (nSPS) is 20.9. The van der Waals surface area contributed by atoms with E-state index < -0.39 is 0 Å². The molecule has 1 atom stereocenters. The van der Waals surface area contributed by atoms with Crippen LogP contribution in [0.2, 0.25) is 0 Å². The molecule has 2 amide bonds. The van der Waals surface area contributed by atoms with Crippen LogP contribution in [-0.4, -0.2) is 67.8 Å². The first-order chi connectivity index (χ1) is 12.5. The summed E-state index contributed by atoms with van der Waals surface area (Å²) in [6.07, 6.45) is 1.25. The van der Waals surface area contributed by atoms with E-state index in [0.29, 0.717) is 41.2 Å². The second-order valence-corrected chi connectivity index (χ2v) is 7.40. The van der Waals surface area contributed by atoms with Crippen molar-refractivity contribution in [2.45, 2.75) is 31.8 Å². The van der Waals surface area contributed by atoms with E-state index >= 15 is 0 Å². The van der Waals surface area contributed by atoms with Gasteiger partial charge in [0.25, 0.3) is 5.91 Å². The second-order valence-electron chi connectivity index (χ2n) is 6.54. The van der Waals surface area contributed by atoms with Crippen LogP contribution in [0, 0.1) is 0 Å². The molecule has 0 spiro atoms. The molecule has 26 heavy (non-hydrogen) atoms. The molecule has 2 heterocycles. The highest BCUT2D eigenvalue weighted by molar-refractivity contribution is 9.10. The van der Waals surface area contributed by atoms with Gasteiger partial charge in [-0.05, 0) is 47.8 Å². The number of carbonyl (C=O) groups excluding carboxylic acids is 2. The predicted octanol–water partition coefficient (Wildman–Crippen LogP) is 2.91. The quantitative estimate of drug-likeness (QED) is 0.740. The number of cyclic esters (lactones) is 1. The number of nitrogens with zero attached hydrogens (tertiary/aromatic N) is 2. The van der Waals surface area contributed by atoms with Gasteiger partial charge in [0.2, 0.25) is 0 Å². The molecule has 1 aromatic carbocycles. The van der Waals surface area contributed by atoms with E-state index in [0.717, 1.165) is 12.8 Å². The number of rotatable bonds is 4. The molecule has 142 valence electrons. The van der Waals surface area contributed by atoms with Crippen LogP contribution < -0.4 is 9.47 Å². The van der Waals surface area contributed by atoms with E-state index in [-0.39, 0.29) is 24.1 Å². The van der Waals surface area contributed by atoms with Crippen LogP contribution in [0.15, 0.2) is 16.6 Å². The highest BCUT2D eigenvalue weighted by Crippen LogP contribution is 2.34. The first-order valence-electron chi connectivity index (χ1n) is 8.62. The van der Waals surface area contributed by atoms with E-state index in [2.05, 4.69) is 15.9 Å². The molecule has 1 aromatic rings. The lowest BCUT2D eigenvalue weighted by atomic mass is 10.0. The Hall–Kier alpha value is -1.96. The smallest absolute Gasteiger partial charge is 0.410 e. The van der Waals surface area contributed by atoms with E-state index in [1.165, 1.54) is 0 Å². The number of likely N-dealkylation sites (tertiary alicyclic amines) is 1. The van der Waals surface area contributed by atoms with Crippen molar-refractivity contribution in [3.05, 3.63) is 22.2 Å². The van der Waals surface area contributed by atoms with Crippen LogP contribution in [0.4, 0.5) is 4.79 Å². The Bertz CT molecular complexity index is 703. The molecule has 0 aromatic heterocycles. The Morgan fingerprint density at radius 1 is 1.19 bits per heavy atom. The summed E-state index contributed by atoms with van der Waals surface area (Å²) < 4.78 is 16.3. The van der Waals surface area contributed by atoms with Crippen molar-refractivity contribution in [3.8, 4) is 11.5 Å². The van der Waals surface area contributed by atoms with Crippen LogP contribution in [-0.2, 0) is 4.74 Å². The van der Waals surface area contributed by atoms with Gasteiger partial charge in [-0.1, -0.05) is 0 Å². The third-order valence-corrected chi connectivity index (χ3v) is 5.64. The lowest BCUT2D eigenvalue weighted by Crippen LogP contribution is -2.49. The Morgan fingerprint density at radius 3 is 2.35 bits per heavy atom. The molecule has 8 heteroatoms. The number of halogens is 1. The van der Waals surface area contributed by atoms with E-state index in [4.69, 9.17) is 14.2 Å². The summed E-state index contributed by atoms with van der Waals surface area (Å²) in [5.74, 6) is 1.02. The van der Waals surface area contributed by atoms with Gasteiger partial charge in [0.05, 0.1) is 25.8 Å². The third kappa shape index (κ3) is 3.47. The predicted molar refractivity (Wildman–Crippen MR) is 98.8 cm³/mol. The maximum Gasteiger partial charge on any atom is 0.410 e. The molecule has 0 radical (unpaired) electrons. The molecule has 0 aliphatic carbocycles. The van der Waals surface area contributed by atoms with Crippen LogP contribution in [0.1, 0.15) is 30.1 Å². The summed E-state index contributed by atoms with van der Waals surface area (Å²) in [6, 6.07) is 3.64. The summed E-state index contributed by atoms with van der Waals surface area (Å²) in [5, 5.41) is 0. The molecule has 0 N–H and O–H groups in total. The zero-order valence-electron chi connectivity index (χ0n) is 15.2. The fourth-order valence-electron chi connectivity index (χ4n) is 3.57. The van der Waals surface area contributed by atoms with Crippen LogP contribution in [0.3, 0.4) is 0 Å². The Kier molecular flexibility index (Phi) is 5.60. The van der Waals surface area contributed by atoms with E-state index in [9.17, 15) is 9.59 Å². The summed E-state index contributed by atoms with van der Waals surface area (Å²) in [6.45, 7) is 3.63. The number of benzene rings is 1. The van der Waals surface area contributed by atoms with E-state index in [1.807, 2.05) is 16.7 Å². The fraction of sp³-hybridized carbons (Fsp3) is 0.556. The van der Waals surface area contributed by atoms with Crippen LogP contribution in [0.5, 0.6) is 11.5 Å². The zero-order chi connectivity index (χ0) is 18.8. The minimum absolute atomic E-state index is 0.0617. The number of hydrogen-bond donors (Lipinski definition) is 0. The summed E-state index contributed by atoms with van der Waals surface area (Å²) >= 11 is 3.45. The molecule has 1 unspecified atom stereocenters. The van der Waals surface area contributed by atoms with E-state index in [1.54, 1.807) is 26.4 Å². The maximum atomic E-state index is 12.9. The average Bonchev–Trinajstić information content (AvgIpc) is 2.99. The van der Waals surface area contributed by atoms with Gasteiger partial charge < -0.3 is 19.1 Å². The van der Waals surface area contributed by atoms with Crippen molar-refractivity contribution in [1.82, 2.24) is 9.80 Å². The van der Waals surface area contributed by atoms with Crippen molar-refractivity contribution in [2.75, 3.05) is 33.9 Å². The standard InChI is InChI=1S/C18H23BrN2O5/c1-11-10-26-18(23)21(11)12-4-6-20(7-5-12)17(22)13-8-15(24-2)16(25-3)9-14(13)19/h8-9,11-12H,4-7,10H2,1-3H3. The summed E-state index contributed by atoms with van der Waals surface area (Å²) in [7, 11) is 3.10. The number of amides is 2. The first-order valence-corrected chi connectivity index (χ1v) is 9.41. The topological polar surface area (TPSA) is 68.3 Å². The SMILES string of the molecule is COc1cc(Br)c(C(=O)N2CCC(N3C(=O)OCC3C)CC2)cc1OC. The second kappa shape index (κ2) is 7.73. The molecule has 0 bridgehead atoms. The highest BCUT2D eigenvalue weighted by atomic mass is 79.9. The number of carbonyl (C=O) groups is 2. The van der Waals surface area contributed by atoms with Gasteiger partial charge in [0, 0.05) is 23.6 Å². The van der Waals surface area contributed by atoms with Gasteiger partial charge in [0.15, 0.2) is 11.5 Å². The third-order valence-electron chi connectivity index (χ3n) is 4.98. The minimum atomic E-state index is -0.245. The maximum absolute atomic E-state index is 12.9. The average molecular weight is 427 g/mol. The van der Waals surface area contributed by atoms with Gasteiger partial charge in [-0.3, -0.25) is 9.69 Å². The van der Waals surface area contributed by atoms with Gasteiger partial charge in [-0.2, -0.15) is 0 Å². The molecular formula is C18H23BrN2O5. The fourth-order valence-corrected chi connectivity index (χ4v) is 4.06. The first kappa shape index (κ1) is 18.8. The van der Waals surface area contributed by atoms with Crippen molar-refractivity contribution in [1.29, 1.82) is 0 Å². The molecule has 2 fully saturated rings. The Labute approximate surface area is 161 Å². The molecule has 2 saturated heterocycles. The Morgan fingerprint density at radius 2 is 1.81 bits per heavy atom. The molecule has 7 nitrogen and oxygen atoms in total. The lowest BCUT2D eigenvalue weighted by Gasteiger charge is -2.37. The van der Waals surface area contributed by atoms with Gasteiger partial charge in [-0.25, -0.2) is 4.79 Å². The van der Waals surface area contributed by atoms with Gasteiger partial charge in [0.1, 0.15) is 6.61 Å². The molecule has 0 saturated carbocycles. The number of piperidine rings is 1. The Balaban J connectivity index is 1.70. The summed E-state index contributed by atoms with van der Waals surface area (Å²) in [4.78, 5) is 28.5. The largest absolute Gasteiger partial charge is 0.493 e. The van der Waals surface area contributed by atoms with Crippen molar-refractivity contribution < 1.29 is 23.8 Å². The van der Waals surface area contributed by atoms with Crippen LogP contribution >= 0.6 is 15.9 Å². The summed E-state index contributed by atoms with van der Waals surface area (Å²) in [5.41, 5.74) is 0.537. The monoisotopic (exact) mass is 426 g/mol. The molecule has 3 rings (SSSR count). The number of ether oxygens (including phenoxy) is 3. The van der Waals surface area contributed by atoms with Crippen molar-refractivity contribution in [2.24, 2.45) is 0 Å².